The fourth-order valence-corrected chi connectivity index (χ4v) is 3.17. The summed E-state index contributed by atoms with van der Waals surface area (Å²) in [5.74, 6) is 0. The molecule has 1 unspecified atom stereocenters. The Bertz CT molecular complexity index is 475. The summed E-state index contributed by atoms with van der Waals surface area (Å²) in [6.45, 7) is 3.13. The maximum Gasteiger partial charge on any atom is 0.269 e. The summed E-state index contributed by atoms with van der Waals surface area (Å²) in [6, 6.07) is 7.23. The van der Waals surface area contributed by atoms with Crippen molar-refractivity contribution in [1.29, 1.82) is 0 Å². The average molecular weight is 294 g/mol. The highest BCUT2D eigenvalue weighted by Crippen LogP contribution is 2.46. The van der Waals surface area contributed by atoms with E-state index in [-0.39, 0.29) is 16.7 Å². The van der Waals surface area contributed by atoms with Gasteiger partial charge in [-0.05, 0) is 31.1 Å². The number of nitrogens with zero attached hydrogens (tertiary/aromatic N) is 1. The molecule has 1 N–H and O–H groups in total. The van der Waals surface area contributed by atoms with E-state index in [2.05, 4.69) is 18.5 Å². The third kappa shape index (κ3) is 3.73. The maximum atomic E-state index is 10.9. The van der Waals surface area contributed by atoms with Crippen LogP contribution in [0.3, 0.4) is 0 Å². The zero-order valence-electron chi connectivity index (χ0n) is 12.1. The van der Waals surface area contributed by atoms with E-state index >= 15 is 0 Å². The van der Waals surface area contributed by atoms with Gasteiger partial charge in [0.1, 0.15) is 0 Å². The molecule has 2 rings (SSSR count). The number of hydrogen-bond acceptors (Lipinski definition) is 4. The molecule has 4 nitrogen and oxygen atoms in total. The Labute approximate surface area is 124 Å². The first-order chi connectivity index (χ1) is 9.60. The Morgan fingerprint density at radius 3 is 2.80 bits per heavy atom. The molecule has 1 aromatic carbocycles. The van der Waals surface area contributed by atoms with Gasteiger partial charge in [-0.1, -0.05) is 25.5 Å². The Hall–Kier alpha value is -1.07. The molecule has 0 heterocycles. The number of rotatable bonds is 8. The highest BCUT2D eigenvalue weighted by atomic mass is 32.2. The highest BCUT2D eigenvalue weighted by molar-refractivity contribution is 8.00. The molecule has 5 heteroatoms. The Balaban J connectivity index is 2.07. The largest absolute Gasteiger partial charge is 0.309 e. The molecule has 20 heavy (non-hydrogen) atoms. The lowest BCUT2D eigenvalue weighted by atomic mass is 10.0. The van der Waals surface area contributed by atoms with Gasteiger partial charge in [0.05, 0.1) is 4.92 Å². The van der Waals surface area contributed by atoms with Crippen molar-refractivity contribution in [2.24, 2.45) is 0 Å². The van der Waals surface area contributed by atoms with E-state index in [1.54, 1.807) is 18.2 Å². The smallest absolute Gasteiger partial charge is 0.269 e. The molecule has 110 valence electrons. The number of non-ortho nitro benzene ring substituents is 1. The summed E-state index contributed by atoms with van der Waals surface area (Å²) in [5.41, 5.74) is 1.20. The minimum atomic E-state index is -0.323. The summed E-state index contributed by atoms with van der Waals surface area (Å²) in [7, 11) is 0. The van der Waals surface area contributed by atoms with Crippen LogP contribution in [0.25, 0.3) is 0 Å². The molecule has 1 fully saturated rings. The summed E-state index contributed by atoms with van der Waals surface area (Å²) < 4.78 is 0.409. The van der Waals surface area contributed by atoms with Gasteiger partial charge in [0, 0.05) is 29.5 Å². The van der Waals surface area contributed by atoms with Crippen molar-refractivity contribution in [2.45, 2.75) is 43.4 Å². The van der Waals surface area contributed by atoms with Gasteiger partial charge in [0.15, 0.2) is 0 Å². The summed E-state index contributed by atoms with van der Waals surface area (Å²) in [6.07, 6.45) is 6.78. The summed E-state index contributed by atoms with van der Waals surface area (Å²) in [4.78, 5) is 10.6. The van der Waals surface area contributed by atoms with Crippen LogP contribution in [0, 0.1) is 10.1 Å². The third-order valence-electron chi connectivity index (χ3n) is 3.97. The fourth-order valence-electron chi connectivity index (χ4n) is 2.43. The van der Waals surface area contributed by atoms with Gasteiger partial charge in [-0.2, -0.15) is 11.8 Å². The minimum Gasteiger partial charge on any atom is -0.309 e. The minimum absolute atomic E-state index is 0.177. The van der Waals surface area contributed by atoms with E-state index in [1.165, 1.54) is 12.8 Å². The summed E-state index contributed by atoms with van der Waals surface area (Å²) in [5, 5.41) is 14.5. The monoisotopic (exact) mass is 294 g/mol. The molecule has 1 aliphatic rings. The van der Waals surface area contributed by atoms with Gasteiger partial charge in [0.2, 0.25) is 0 Å². The molecule has 1 aromatic rings. The second kappa shape index (κ2) is 6.59. The molecule has 0 bridgehead atoms. The van der Waals surface area contributed by atoms with E-state index in [4.69, 9.17) is 0 Å². The van der Waals surface area contributed by atoms with E-state index in [9.17, 15) is 10.1 Å². The molecular formula is C15H22N2O2S. The molecule has 1 saturated carbocycles. The molecule has 0 spiro atoms. The molecule has 0 saturated heterocycles. The number of nitro groups is 1. The lowest BCUT2D eigenvalue weighted by Crippen LogP contribution is -2.30. The van der Waals surface area contributed by atoms with Crippen LogP contribution in [0.1, 0.15) is 44.2 Å². The highest BCUT2D eigenvalue weighted by Gasteiger charge is 2.41. The van der Waals surface area contributed by atoms with Crippen LogP contribution in [0.4, 0.5) is 5.69 Å². The SMILES string of the molecule is CCCC(NCC1(SC)CC1)c1cccc([N+](=O)[O-])c1. The van der Waals surface area contributed by atoms with Crippen molar-refractivity contribution in [1.82, 2.24) is 5.32 Å². The van der Waals surface area contributed by atoms with Crippen LogP contribution in [0.5, 0.6) is 0 Å². The van der Waals surface area contributed by atoms with Crippen LogP contribution in [-0.2, 0) is 0 Å². The Morgan fingerprint density at radius 1 is 1.50 bits per heavy atom. The molecular weight excluding hydrogens is 272 g/mol. The van der Waals surface area contributed by atoms with Gasteiger partial charge in [-0.3, -0.25) is 10.1 Å². The Kier molecular flexibility index (Phi) is 5.05. The van der Waals surface area contributed by atoms with E-state index in [0.717, 1.165) is 24.9 Å². The normalized spacial score (nSPS) is 17.7. The second-order valence-corrected chi connectivity index (χ2v) is 6.74. The quantitative estimate of drug-likeness (QED) is 0.583. The molecule has 0 aromatic heterocycles. The van der Waals surface area contributed by atoms with E-state index in [0.29, 0.717) is 4.75 Å². The van der Waals surface area contributed by atoms with Crippen molar-refractivity contribution < 1.29 is 4.92 Å². The predicted molar refractivity (Wildman–Crippen MR) is 84.2 cm³/mol. The van der Waals surface area contributed by atoms with Crippen molar-refractivity contribution in [3.8, 4) is 0 Å². The lowest BCUT2D eigenvalue weighted by molar-refractivity contribution is -0.384. The van der Waals surface area contributed by atoms with Gasteiger partial charge >= 0.3 is 0 Å². The van der Waals surface area contributed by atoms with Crippen molar-refractivity contribution in [3.05, 3.63) is 39.9 Å². The molecule has 0 amide bonds. The number of hydrogen-bond donors (Lipinski definition) is 1. The van der Waals surface area contributed by atoms with Crippen LogP contribution in [0.15, 0.2) is 24.3 Å². The van der Waals surface area contributed by atoms with E-state index in [1.807, 2.05) is 17.8 Å². The van der Waals surface area contributed by atoms with Gasteiger partial charge in [-0.25, -0.2) is 0 Å². The van der Waals surface area contributed by atoms with Crippen LogP contribution in [0.2, 0.25) is 0 Å². The van der Waals surface area contributed by atoms with Gasteiger partial charge in [0.25, 0.3) is 5.69 Å². The lowest BCUT2D eigenvalue weighted by Gasteiger charge is -2.22. The first-order valence-electron chi connectivity index (χ1n) is 7.13. The van der Waals surface area contributed by atoms with Crippen molar-refractivity contribution in [3.63, 3.8) is 0 Å². The van der Waals surface area contributed by atoms with Crippen LogP contribution in [-0.4, -0.2) is 22.5 Å². The summed E-state index contributed by atoms with van der Waals surface area (Å²) >= 11 is 1.93. The third-order valence-corrected chi connectivity index (χ3v) is 5.39. The van der Waals surface area contributed by atoms with Crippen LogP contribution < -0.4 is 5.32 Å². The number of nitrogens with one attached hydrogen (secondary N) is 1. The molecule has 0 aliphatic heterocycles. The number of benzene rings is 1. The van der Waals surface area contributed by atoms with Gasteiger partial charge in [-0.15, -0.1) is 0 Å². The number of thioether (sulfide) groups is 1. The fraction of sp³-hybridized carbons (Fsp3) is 0.600. The standard InChI is InChI=1S/C15H22N2O2S/c1-3-5-14(16-11-15(20-2)8-9-15)12-6-4-7-13(10-12)17(18)19/h4,6-7,10,14,16H,3,5,8-9,11H2,1-2H3. The predicted octanol–water partition coefficient (Wildman–Crippen LogP) is 3.92. The molecule has 1 atom stereocenters. The van der Waals surface area contributed by atoms with E-state index < -0.39 is 0 Å². The number of nitro benzene ring substituents is 1. The Morgan fingerprint density at radius 2 is 2.25 bits per heavy atom. The second-order valence-electron chi connectivity index (χ2n) is 5.46. The van der Waals surface area contributed by atoms with Crippen molar-refractivity contribution >= 4 is 17.4 Å². The topological polar surface area (TPSA) is 55.2 Å². The average Bonchev–Trinajstić information content (AvgIpc) is 3.24. The zero-order chi connectivity index (χ0) is 14.6. The van der Waals surface area contributed by atoms with Crippen molar-refractivity contribution in [2.75, 3.05) is 12.8 Å². The first-order valence-corrected chi connectivity index (χ1v) is 8.35. The zero-order valence-corrected chi connectivity index (χ0v) is 12.9. The molecule has 1 aliphatic carbocycles. The van der Waals surface area contributed by atoms with Crippen LogP contribution >= 0.6 is 11.8 Å². The first kappa shape index (κ1) is 15.3. The van der Waals surface area contributed by atoms with Gasteiger partial charge < -0.3 is 5.32 Å². The maximum absolute atomic E-state index is 10.9. The molecule has 0 radical (unpaired) electrons.